The summed E-state index contributed by atoms with van der Waals surface area (Å²) in [6.45, 7) is 2.37. The summed E-state index contributed by atoms with van der Waals surface area (Å²) in [6.07, 6.45) is 2.51. The number of hydrogen-bond donors (Lipinski definition) is 2. The third-order valence-corrected chi connectivity index (χ3v) is 4.52. The molecule has 4 aliphatic rings. The molecule has 18 heavy (non-hydrogen) atoms. The number of hydrogen-bond acceptors (Lipinski definition) is 4. The third kappa shape index (κ3) is 1.38. The van der Waals surface area contributed by atoms with Crippen LogP contribution >= 0.6 is 0 Å². The summed E-state index contributed by atoms with van der Waals surface area (Å²) in [5.41, 5.74) is 5.74. The Bertz CT molecular complexity index is 506. The third-order valence-electron chi connectivity index (χ3n) is 4.52. The van der Waals surface area contributed by atoms with E-state index in [2.05, 4.69) is 21.5 Å². The van der Waals surface area contributed by atoms with Gasteiger partial charge in [0.1, 0.15) is 5.75 Å². The molecule has 2 bridgehead atoms. The molecule has 94 valence electrons. The van der Waals surface area contributed by atoms with Crippen molar-refractivity contribution in [3.63, 3.8) is 0 Å². The number of fused-ring (bicyclic) bond motifs is 2. The first kappa shape index (κ1) is 10.4. The smallest absolute Gasteiger partial charge is 0.115 e. The van der Waals surface area contributed by atoms with Crippen LogP contribution in [0.4, 0.5) is 0 Å². The molecular formula is C14H17N3O. The minimum Gasteiger partial charge on any atom is -0.508 e. The second-order valence-corrected chi connectivity index (χ2v) is 5.49. The van der Waals surface area contributed by atoms with Gasteiger partial charge in [-0.05, 0) is 43.6 Å². The van der Waals surface area contributed by atoms with Crippen LogP contribution in [0.15, 0.2) is 29.4 Å². The molecule has 2 atom stereocenters. The molecule has 0 amide bonds. The predicted molar refractivity (Wildman–Crippen MR) is 69.5 cm³/mol. The molecule has 4 heteroatoms. The number of phenolic OH excluding ortho intramolecular Hbond substituents is 1. The first-order valence-electron chi connectivity index (χ1n) is 6.69. The van der Waals surface area contributed by atoms with Crippen molar-refractivity contribution in [1.29, 1.82) is 0 Å². The predicted octanol–water partition coefficient (Wildman–Crippen LogP) is 1.49. The van der Waals surface area contributed by atoms with Gasteiger partial charge in [-0.3, -0.25) is 4.90 Å². The maximum Gasteiger partial charge on any atom is 0.115 e. The fourth-order valence-corrected chi connectivity index (χ4v) is 3.63. The Hall–Kier alpha value is -1.55. The molecule has 2 unspecified atom stereocenters. The molecule has 5 rings (SSSR count). The van der Waals surface area contributed by atoms with Crippen molar-refractivity contribution in [2.75, 3.05) is 13.1 Å². The molecule has 4 heterocycles. The van der Waals surface area contributed by atoms with Gasteiger partial charge >= 0.3 is 0 Å². The molecule has 3 saturated heterocycles. The summed E-state index contributed by atoms with van der Waals surface area (Å²) in [5.74, 6) is 1.01. The summed E-state index contributed by atoms with van der Waals surface area (Å²) >= 11 is 0. The van der Waals surface area contributed by atoms with Crippen molar-refractivity contribution in [3.05, 3.63) is 29.8 Å². The summed E-state index contributed by atoms with van der Waals surface area (Å²) in [7, 11) is 0. The molecule has 0 spiro atoms. The average Bonchev–Trinajstić information content (AvgIpc) is 2.87. The van der Waals surface area contributed by atoms with Crippen molar-refractivity contribution < 1.29 is 5.11 Å². The molecule has 4 nitrogen and oxygen atoms in total. The zero-order valence-corrected chi connectivity index (χ0v) is 10.2. The lowest BCUT2D eigenvalue weighted by Gasteiger charge is -2.45. The molecule has 2 N–H and O–H groups in total. The van der Waals surface area contributed by atoms with E-state index in [1.165, 1.54) is 31.6 Å². The van der Waals surface area contributed by atoms with Gasteiger partial charge in [-0.2, -0.15) is 5.10 Å². The second-order valence-electron chi connectivity index (χ2n) is 5.49. The number of aromatic hydroxyl groups is 1. The number of hydrazone groups is 1. The molecule has 0 aromatic heterocycles. The second kappa shape index (κ2) is 3.72. The monoisotopic (exact) mass is 243 g/mol. The molecule has 0 radical (unpaired) electrons. The van der Waals surface area contributed by atoms with E-state index in [0.29, 0.717) is 17.7 Å². The first-order valence-corrected chi connectivity index (χ1v) is 6.69. The number of benzene rings is 1. The van der Waals surface area contributed by atoms with Crippen LogP contribution in [0.25, 0.3) is 0 Å². The number of rotatable bonds is 1. The van der Waals surface area contributed by atoms with E-state index in [1.807, 2.05) is 12.1 Å². The van der Waals surface area contributed by atoms with Gasteiger partial charge in [-0.25, -0.2) is 0 Å². The van der Waals surface area contributed by atoms with Gasteiger partial charge < -0.3 is 10.5 Å². The fraction of sp³-hybridized carbons (Fsp3) is 0.500. The minimum atomic E-state index is 0.204. The van der Waals surface area contributed by atoms with E-state index in [9.17, 15) is 5.11 Å². The van der Waals surface area contributed by atoms with Crippen LogP contribution in [0.3, 0.4) is 0 Å². The molecule has 0 saturated carbocycles. The van der Waals surface area contributed by atoms with Crippen LogP contribution in [-0.4, -0.2) is 34.8 Å². The van der Waals surface area contributed by atoms with Gasteiger partial charge in [0.25, 0.3) is 0 Å². The Labute approximate surface area is 106 Å². The molecule has 4 aliphatic heterocycles. The standard InChI is InChI=1S/C14H17N3O/c18-11-3-1-2-10(8-11)13-14-12(15-16-13)9-4-6-17(14)7-5-9/h1-3,8-9,13-14,16,18H,4-7H2. The van der Waals surface area contributed by atoms with E-state index in [0.717, 1.165) is 5.56 Å². The van der Waals surface area contributed by atoms with Crippen LogP contribution in [0.2, 0.25) is 0 Å². The number of nitrogens with zero attached hydrogens (tertiary/aromatic N) is 2. The highest BCUT2D eigenvalue weighted by atomic mass is 16.3. The number of nitrogens with one attached hydrogen (secondary N) is 1. The van der Waals surface area contributed by atoms with E-state index in [1.54, 1.807) is 6.07 Å². The van der Waals surface area contributed by atoms with E-state index in [-0.39, 0.29) is 6.04 Å². The Morgan fingerprint density at radius 1 is 1.28 bits per heavy atom. The zero-order valence-electron chi connectivity index (χ0n) is 10.2. The van der Waals surface area contributed by atoms with Gasteiger partial charge in [0.15, 0.2) is 0 Å². The zero-order chi connectivity index (χ0) is 12.1. The Balaban J connectivity index is 1.69. The lowest BCUT2D eigenvalue weighted by Crippen LogP contribution is -2.56. The minimum absolute atomic E-state index is 0.204. The van der Waals surface area contributed by atoms with Gasteiger partial charge in [-0.15, -0.1) is 0 Å². The SMILES string of the molecule is Oc1cccc(C2NN=C3C4CCN(CC4)C32)c1. The van der Waals surface area contributed by atoms with Gasteiger partial charge in [0.05, 0.1) is 17.8 Å². The quantitative estimate of drug-likeness (QED) is 0.785. The summed E-state index contributed by atoms with van der Waals surface area (Å²) in [5, 5.41) is 14.2. The highest BCUT2D eigenvalue weighted by molar-refractivity contribution is 5.95. The van der Waals surface area contributed by atoms with Crippen LogP contribution in [0, 0.1) is 5.92 Å². The van der Waals surface area contributed by atoms with Crippen molar-refractivity contribution >= 4 is 5.71 Å². The van der Waals surface area contributed by atoms with Crippen molar-refractivity contribution in [1.82, 2.24) is 10.3 Å². The summed E-state index contributed by atoms with van der Waals surface area (Å²) in [6, 6.07) is 8.14. The summed E-state index contributed by atoms with van der Waals surface area (Å²) < 4.78 is 0. The molecule has 1 aromatic carbocycles. The van der Waals surface area contributed by atoms with E-state index < -0.39 is 0 Å². The molecule has 1 aromatic rings. The Morgan fingerprint density at radius 3 is 2.89 bits per heavy atom. The normalized spacial score (nSPS) is 37.0. The van der Waals surface area contributed by atoms with Crippen LogP contribution in [0.1, 0.15) is 24.4 Å². The first-order chi connectivity index (χ1) is 8.83. The van der Waals surface area contributed by atoms with Crippen molar-refractivity contribution in [3.8, 4) is 5.75 Å². The largest absolute Gasteiger partial charge is 0.508 e. The maximum atomic E-state index is 9.62. The molecule has 0 aliphatic carbocycles. The van der Waals surface area contributed by atoms with E-state index >= 15 is 0 Å². The molecular weight excluding hydrogens is 226 g/mol. The van der Waals surface area contributed by atoms with Crippen molar-refractivity contribution in [2.45, 2.75) is 24.9 Å². The fourth-order valence-electron chi connectivity index (χ4n) is 3.63. The lowest BCUT2D eigenvalue weighted by atomic mass is 9.78. The lowest BCUT2D eigenvalue weighted by molar-refractivity contribution is 0.133. The highest BCUT2D eigenvalue weighted by Crippen LogP contribution is 2.39. The Kier molecular flexibility index (Phi) is 2.14. The van der Waals surface area contributed by atoms with Crippen LogP contribution < -0.4 is 5.43 Å². The van der Waals surface area contributed by atoms with Gasteiger partial charge in [0, 0.05) is 5.92 Å². The molecule has 3 fully saturated rings. The van der Waals surface area contributed by atoms with Crippen molar-refractivity contribution in [2.24, 2.45) is 11.0 Å². The number of phenols is 1. The van der Waals surface area contributed by atoms with Gasteiger partial charge in [-0.1, -0.05) is 12.1 Å². The van der Waals surface area contributed by atoms with E-state index in [4.69, 9.17) is 0 Å². The maximum absolute atomic E-state index is 9.62. The average molecular weight is 243 g/mol. The highest BCUT2D eigenvalue weighted by Gasteiger charge is 2.46. The Morgan fingerprint density at radius 2 is 2.11 bits per heavy atom. The van der Waals surface area contributed by atoms with Crippen LogP contribution in [0.5, 0.6) is 5.75 Å². The van der Waals surface area contributed by atoms with Gasteiger partial charge in [0.2, 0.25) is 0 Å². The topological polar surface area (TPSA) is 47.9 Å². The number of piperidine rings is 3. The van der Waals surface area contributed by atoms with Crippen LogP contribution in [-0.2, 0) is 0 Å². The summed E-state index contributed by atoms with van der Waals surface area (Å²) in [4.78, 5) is 2.54.